The van der Waals surface area contributed by atoms with E-state index in [1.54, 1.807) is 12.1 Å². The molecule has 6 heteroatoms. The highest BCUT2D eigenvalue weighted by molar-refractivity contribution is 7.99. The van der Waals surface area contributed by atoms with Gasteiger partial charge in [0.1, 0.15) is 5.82 Å². The molecule has 0 bridgehead atoms. The average molecular weight is 282 g/mol. The normalized spacial score (nSPS) is 10.7. The number of carbonyl (C=O) groups is 1. The Kier molecular flexibility index (Phi) is 3.73. The number of halogens is 1. The van der Waals surface area contributed by atoms with Crippen LogP contribution in [0.25, 0.3) is 0 Å². The lowest BCUT2D eigenvalue weighted by molar-refractivity contribution is 0.101. The van der Waals surface area contributed by atoms with E-state index < -0.39 is 0 Å². The minimum atomic E-state index is 0.00273. The summed E-state index contributed by atoms with van der Waals surface area (Å²) in [7, 11) is 1.90. The zero-order valence-electron chi connectivity index (χ0n) is 10.3. The van der Waals surface area contributed by atoms with Gasteiger partial charge in [-0.1, -0.05) is 17.7 Å². The second-order valence-corrected chi connectivity index (χ2v) is 5.31. The number of carbonyl (C=O) groups excluding carboxylic acids is 1. The highest BCUT2D eigenvalue weighted by Gasteiger charge is 2.11. The Bertz CT molecular complexity index is 609. The Hall–Kier alpha value is -1.33. The first-order valence-electron chi connectivity index (χ1n) is 5.33. The number of hydrogen-bond donors (Lipinski definition) is 0. The van der Waals surface area contributed by atoms with Crippen molar-refractivity contribution in [3.63, 3.8) is 0 Å². The van der Waals surface area contributed by atoms with Crippen LogP contribution in [0.3, 0.4) is 0 Å². The number of ketones is 1. The van der Waals surface area contributed by atoms with Crippen molar-refractivity contribution in [2.45, 2.75) is 23.9 Å². The quantitative estimate of drug-likeness (QED) is 0.811. The summed E-state index contributed by atoms with van der Waals surface area (Å²) in [4.78, 5) is 12.1. The predicted molar refractivity (Wildman–Crippen MR) is 71.3 cm³/mol. The van der Waals surface area contributed by atoms with Crippen molar-refractivity contribution in [1.82, 2.24) is 14.8 Å². The smallest absolute Gasteiger partial charge is 0.195 e. The van der Waals surface area contributed by atoms with Crippen LogP contribution in [0.4, 0.5) is 0 Å². The van der Waals surface area contributed by atoms with Crippen molar-refractivity contribution < 1.29 is 4.79 Å². The molecule has 0 unspecified atom stereocenters. The number of aromatic nitrogens is 3. The van der Waals surface area contributed by atoms with Crippen molar-refractivity contribution in [2.24, 2.45) is 7.05 Å². The van der Waals surface area contributed by atoms with Gasteiger partial charge >= 0.3 is 0 Å². The van der Waals surface area contributed by atoms with Gasteiger partial charge in [0.05, 0.1) is 5.02 Å². The maximum atomic E-state index is 11.2. The topological polar surface area (TPSA) is 47.8 Å². The van der Waals surface area contributed by atoms with E-state index in [4.69, 9.17) is 11.6 Å². The third kappa shape index (κ3) is 2.57. The van der Waals surface area contributed by atoms with Crippen LogP contribution in [0.2, 0.25) is 5.02 Å². The number of benzene rings is 1. The molecule has 1 aromatic heterocycles. The number of Topliss-reactive ketones (excluding diaryl/α,β-unsaturated/α-hetero) is 1. The summed E-state index contributed by atoms with van der Waals surface area (Å²) >= 11 is 7.58. The molecule has 0 atom stereocenters. The van der Waals surface area contributed by atoms with E-state index in [0.29, 0.717) is 10.6 Å². The number of nitrogens with zero attached hydrogens (tertiary/aromatic N) is 3. The molecule has 0 N–H and O–H groups in total. The molecule has 18 heavy (non-hydrogen) atoms. The first-order valence-corrected chi connectivity index (χ1v) is 6.53. The van der Waals surface area contributed by atoms with Crippen LogP contribution < -0.4 is 0 Å². The number of hydrogen-bond acceptors (Lipinski definition) is 4. The molecular weight excluding hydrogens is 270 g/mol. The largest absolute Gasteiger partial charge is 0.309 e. The molecule has 94 valence electrons. The van der Waals surface area contributed by atoms with E-state index in [1.807, 2.05) is 24.6 Å². The van der Waals surface area contributed by atoms with Crippen molar-refractivity contribution in [3.05, 3.63) is 34.6 Å². The van der Waals surface area contributed by atoms with Crippen LogP contribution in [-0.4, -0.2) is 20.5 Å². The van der Waals surface area contributed by atoms with Gasteiger partial charge in [-0.15, -0.1) is 10.2 Å². The Morgan fingerprint density at radius 1 is 1.39 bits per heavy atom. The van der Waals surface area contributed by atoms with Gasteiger partial charge in [0.2, 0.25) is 0 Å². The molecule has 0 amide bonds. The Morgan fingerprint density at radius 2 is 2.11 bits per heavy atom. The minimum Gasteiger partial charge on any atom is -0.309 e. The summed E-state index contributed by atoms with van der Waals surface area (Å²) in [5.74, 6) is 0.844. The fourth-order valence-electron chi connectivity index (χ4n) is 1.38. The second kappa shape index (κ2) is 5.12. The summed E-state index contributed by atoms with van der Waals surface area (Å²) in [5, 5.41) is 9.36. The molecule has 2 rings (SSSR count). The van der Waals surface area contributed by atoms with E-state index in [2.05, 4.69) is 10.2 Å². The lowest BCUT2D eigenvalue weighted by Gasteiger charge is -2.05. The second-order valence-electron chi connectivity index (χ2n) is 3.89. The van der Waals surface area contributed by atoms with Crippen LogP contribution in [-0.2, 0) is 7.05 Å². The first-order chi connectivity index (χ1) is 8.49. The molecule has 4 nitrogen and oxygen atoms in total. The van der Waals surface area contributed by atoms with Crippen molar-refractivity contribution in [1.29, 1.82) is 0 Å². The maximum Gasteiger partial charge on any atom is 0.195 e. The van der Waals surface area contributed by atoms with Crippen LogP contribution in [0.1, 0.15) is 23.1 Å². The number of rotatable bonds is 3. The predicted octanol–water partition coefficient (Wildman–Crippen LogP) is 3.13. The fraction of sp³-hybridized carbons (Fsp3) is 0.250. The van der Waals surface area contributed by atoms with Gasteiger partial charge in [0.15, 0.2) is 10.9 Å². The summed E-state index contributed by atoms with van der Waals surface area (Å²) in [6.45, 7) is 3.40. The SMILES string of the molecule is CC(=O)c1ccc(Sc2nnc(C)n2C)c(Cl)c1. The van der Waals surface area contributed by atoms with E-state index in [-0.39, 0.29) is 5.78 Å². The van der Waals surface area contributed by atoms with Crippen LogP contribution >= 0.6 is 23.4 Å². The zero-order valence-corrected chi connectivity index (χ0v) is 11.8. The van der Waals surface area contributed by atoms with Gasteiger partial charge in [-0.2, -0.15) is 0 Å². The zero-order chi connectivity index (χ0) is 13.3. The molecule has 0 aliphatic rings. The lowest BCUT2D eigenvalue weighted by atomic mass is 10.1. The van der Waals surface area contributed by atoms with Crippen molar-refractivity contribution in [3.8, 4) is 0 Å². The molecule has 0 saturated heterocycles. The third-order valence-electron chi connectivity index (χ3n) is 2.59. The van der Waals surface area contributed by atoms with Gasteiger partial charge in [-0.25, -0.2) is 0 Å². The van der Waals surface area contributed by atoms with E-state index in [9.17, 15) is 4.79 Å². The Balaban J connectivity index is 2.30. The molecule has 0 saturated carbocycles. The lowest BCUT2D eigenvalue weighted by Crippen LogP contribution is -1.94. The van der Waals surface area contributed by atoms with E-state index in [1.165, 1.54) is 18.7 Å². The summed E-state index contributed by atoms with van der Waals surface area (Å²) in [6, 6.07) is 5.27. The van der Waals surface area contributed by atoms with Gasteiger partial charge in [0, 0.05) is 17.5 Å². The van der Waals surface area contributed by atoms with Crippen LogP contribution in [0.5, 0.6) is 0 Å². The summed E-state index contributed by atoms with van der Waals surface area (Å²) in [6.07, 6.45) is 0. The van der Waals surface area contributed by atoms with Crippen molar-refractivity contribution >= 4 is 29.1 Å². The first kappa shape index (κ1) is 13.1. The third-order valence-corrected chi connectivity index (χ3v) is 4.13. The molecule has 0 aliphatic carbocycles. The maximum absolute atomic E-state index is 11.2. The Morgan fingerprint density at radius 3 is 2.61 bits per heavy atom. The molecule has 0 aliphatic heterocycles. The van der Waals surface area contributed by atoms with Gasteiger partial charge in [0.25, 0.3) is 0 Å². The molecular formula is C12H12ClN3OS. The van der Waals surface area contributed by atoms with E-state index >= 15 is 0 Å². The van der Waals surface area contributed by atoms with Gasteiger partial charge < -0.3 is 4.57 Å². The van der Waals surface area contributed by atoms with Crippen LogP contribution in [0, 0.1) is 6.92 Å². The monoisotopic (exact) mass is 281 g/mol. The minimum absolute atomic E-state index is 0.00273. The van der Waals surface area contributed by atoms with Crippen LogP contribution in [0.15, 0.2) is 28.3 Å². The highest BCUT2D eigenvalue weighted by Crippen LogP contribution is 2.32. The standard InChI is InChI=1S/C12H12ClN3OS/c1-7(17)9-4-5-11(10(13)6-9)18-12-15-14-8(2)16(12)3/h4-6H,1-3H3. The molecule has 1 heterocycles. The summed E-state index contributed by atoms with van der Waals surface area (Å²) in [5.41, 5.74) is 0.610. The molecule has 0 radical (unpaired) electrons. The highest BCUT2D eigenvalue weighted by atomic mass is 35.5. The molecule has 0 fully saturated rings. The van der Waals surface area contributed by atoms with Gasteiger partial charge in [-0.3, -0.25) is 4.79 Å². The molecule has 2 aromatic rings. The Labute approximate surface area is 114 Å². The average Bonchev–Trinajstić information content (AvgIpc) is 2.63. The van der Waals surface area contributed by atoms with E-state index in [0.717, 1.165) is 15.9 Å². The summed E-state index contributed by atoms with van der Waals surface area (Å²) < 4.78 is 1.89. The molecule has 1 aromatic carbocycles. The number of aryl methyl sites for hydroxylation is 1. The van der Waals surface area contributed by atoms with Gasteiger partial charge in [-0.05, 0) is 37.7 Å². The molecule has 0 spiro atoms. The fourth-order valence-corrected chi connectivity index (χ4v) is 2.51. The van der Waals surface area contributed by atoms with Crippen molar-refractivity contribution in [2.75, 3.05) is 0 Å².